The van der Waals surface area contributed by atoms with Crippen LogP contribution in [-0.4, -0.2) is 24.2 Å². The number of thioether (sulfide) groups is 1. The number of carbonyl (C=O) groups is 2. The molecular formula is C13H12N2O3S. The summed E-state index contributed by atoms with van der Waals surface area (Å²) in [5.74, 6) is -0.907. The van der Waals surface area contributed by atoms with Crippen LogP contribution in [0, 0.1) is 6.92 Å². The first kappa shape index (κ1) is 13.4. The van der Waals surface area contributed by atoms with Gasteiger partial charge in [0.1, 0.15) is 0 Å². The van der Waals surface area contributed by atoms with Crippen molar-refractivity contribution in [2.24, 2.45) is 4.99 Å². The number of esters is 1. The van der Waals surface area contributed by atoms with E-state index in [1.807, 2.05) is 31.2 Å². The summed E-state index contributed by atoms with van der Waals surface area (Å²) in [5.41, 5.74) is 1.88. The van der Waals surface area contributed by atoms with Crippen molar-refractivity contribution in [3.05, 3.63) is 40.8 Å². The van der Waals surface area contributed by atoms with Gasteiger partial charge in [-0.25, -0.2) is 9.79 Å². The Balaban J connectivity index is 2.16. The van der Waals surface area contributed by atoms with Crippen LogP contribution < -0.4 is 5.32 Å². The minimum atomic E-state index is -0.561. The third-order valence-electron chi connectivity index (χ3n) is 2.37. The lowest BCUT2D eigenvalue weighted by Gasteiger charge is -1.96. The molecule has 1 saturated heterocycles. The van der Waals surface area contributed by atoms with Gasteiger partial charge in [0.25, 0.3) is 5.91 Å². The maximum Gasteiger partial charge on any atom is 0.331 e. The zero-order chi connectivity index (χ0) is 13.8. The molecule has 1 aliphatic rings. The first-order valence-corrected chi connectivity index (χ1v) is 6.34. The molecule has 0 radical (unpaired) electrons. The maximum absolute atomic E-state index is 11.6. The molecule has 6 heteroatoms. The average Bonchev–Trinajstić information content (AvgIpc) is 2.72. The van der Waals surface area contributed by atoms with Gasteiger partial charge in [0.05, 0.1) is 17.7 Å². The molecule has 1 amide bonds. The van der Waals surface area contributed by atoms with E-state index in [1.54, 1.807) is 0 Å². The number of methoxy groups -OCH3 is 1. The summed E-state index contributed by atoms with van der Waals surface area (Å²) in [4.78, 5) is 27.2. The van der Waals surface area contributed by atoms with Crippen LogP contribution in [-0.2, 0) is 14.3 Å². The van der Waals surface area contributed by atoms with Crippen molar-refractivity contribution in [3.63, 3.8) is 0 Å². The van der Waals surface area contributed by atoms with Crippen molar-refractivity contribution in [3.8, 4) is 0 Å². The molecular weight excluding hydrogens is 264 g/mol. The molecule has 1 heterocycles. The van der Waals surface area contributed by atoms with Crippen LogP contribution in [0.25, 0.3) is 0 Å². The van der Waals surface area contributed by atoms with Gasteiger partial charge in [-0.1, -0.05) is 17.7 Å². The van der Waals surface area contributed by atoms with E-state index in [0.29, 0.717) is 5.17 Å². The molecule has 0 spiro atoms. The Bertz CT molecular complexity index is 576. The highest BCUT2D eigenvalue weighted by Gasteiger charge is 2.24. The smallest absolute Gasteiger partial charge is 0.331 e. The number of hydrogen-bond donors (Lipinski definition) is 1. The van der Waals surface area contributed by atoms with E-state index in [9.17, 15) is 9.59 Å². The molecule has 0 aromatic heterocycles. The highest BCUT2D eigenvalue weighted by molar-refractivity contribution is 8.18. The van der Waals surface area contributed by atoms with Gasteiger partial charge in [-0.15, -0.1) is 0 Å². The molecule has 98 valence electrons. The summed E-state index contributed by atoms with van der Waals surface area (Å²) in [6.07, 6.45) is 1.15. The zero-order valence-electron chi connectivity index (χ0n) is 10.5. The Morgan fingerprint density at radius 3 is 2.68 bits per heavy atom. The second-order valence-electron chi connectivity index (χ2n) is 3.84. The number of nitrogens with zero attached hydrogens (tertiary/aromatic N) is 1. The largest absolute Gasteiger partial charge is 0.466 e. The van der Waals surface area contributed by atoms with Gasteiger partial charge in [-0.05, 0) is 30.8 Å². The van der Waals surface area contributed by atoms with Crippen LogP contribution >= 0.6 is 11.8 Å². The van der Waals surface area contributed by atoms with E-state index in [2.05, 4.69) is 15.0 Å². The monoisotopic (exact) mass is 276 g/mol. The molecule has 1 aliphatic heterocycles. The van der Waals surface area contributed by atoms with Crippen LogP contribution in [0.15, 0.2) is 40.2 Å². The van der Waals surface area contributed by atoms with Gasteiger partial charge < -0.3 is 10.1 Å². The zero-order valence-corrected chi connectivity index (χ0v) is 11.3. The molecule has 1 aromatic rings. The second-order valence-corrected chi connectivity index (χ2v) is 4.87. The Morgan fingerprint density at radius 2 is 2.05 bits per heavy atom. The predicted molar refractivity (Wildman–Crippen MR) is 74.1 cm³/mol. The first-order valence-electron chi connectivity index (χ1n) is 5.52. The SMILES string of the molecule is COC(=O)C=C1SC(=Nc2ccc(C)cc2)NC1=O. The summed E-state index contributed by atoms with van der Waals surface area (Å²) in [6, 6.07) is 7.59. The highest BCUT2D eigenvalue weighted by atomic mass is 32.2. The molecule has 1 fully saturated rings. The lowest BCUT2D eigenvalue weighted by atomic mass is 10.2. The van der Waals surface area contributed by atoms with Gasteiger partial charge in [-0.3, -0.25) is 4.79 Å². The first-order chi connectivity index (χ1) is 9.08. The number of benzene rings is 1. The molecule has 0 unspecified atom stereocenters. The number of ether oxygens (including phenoxy) is 1. The number of nitrogens with one attached hydrogen (secondary N) is 1. The Labute approximate surface area is 114 Å². The summed E-state index contributed by atoms with van der Waals surface area (Å²) in [6.45, 7) is 1.99. The van der Waals surface area contributed by atoms with Crippen molar-refractivity contribution in [1.82, 2.24) is 5.32 Å². The fraction of sp³-hybridized carbons (Fsp3) is 0.154. The van der Waals surface area contributed by atoms with Crippen LogP contribution in [0.3, 0.4) is 0 Å². The number of aliphatic imine (C=N–C) groups is 1. The fourth-order valence-electron chi connectivity index (χ4n) is 1.38. The van der Waals surface area contributed by atoms with Gasteiger partial charge in [0.15, 0.2) is 5.17 Å². The lowest BCUT2D eigenvalue weighted by molar-refractivity contribution is -0.135. The summed E-state index contributed by atoms with van der Waals surface area (Å²) >= 11 is 1.11. The summed E-state index contributed by atoms with van der Waals surface area (Å²) in [5, 5.41) is 3.04. The number of rotatable bonds is 2. The third kappa shape index (κ3) is 3.45. The van der Waals surface area contributed by atoms with E-state index in [0.717, 1.165) is 29.1 Å². The van der Waals surface area contributed by atoms with E-state index >= 15 is 0 Å². The topological polar surface area (TPSA) is 67.8 Å². The number of hydrogen-bond acceptors (Lipinski definition) is 5. The predicted octanol–water partition coefficient (Wildman–Crippen LogP) is 1.90. The molecule has 1 aromatic carbocycles. The molecule has 0 bridgehead atoms. The van der Waals surface area contributed by atoms with Gasteiger partial charge in [-0.2, -0.15) is 0 Å². The Hall–Kier alpha value is -2.08. The average molecular weight is 276 g/mol. The van der Waals surface area contributed by atoms with Crippen molar-refractivity contribution in [2.45, 2.75) is 6.92 Å². The number of amidine groups is 1. The molecule has 2 rings (SSSR count). The molecule has 19 heavy (non-hydrogen) atoms. The van der Waals surface area contributed by atoms with Crippen LogP contribution in [0.5, 0.6) is 0 Å². The van der Waals surface area contributed by atoms with Crippen molar-refractivity contribution >= 4 is 34.5 Å². The molecule has 0 saturated carbocycles. The molecule has 0 aliphatic carbocycles. The van der Waals surface area contributed by atoms with Gasteiger partial charge in [0, 0.05) is 6.08 Å². The van der Waals surface area contributed by atoms with Gasteiger partial charge in [0.2, 0.25) is 0 Å². The number of aryl methyl sites for hydroxylation is 1. The number of amides is 1. The minimum absolute atomic E-state index is 0.276. The van der Waals surface area contributed by atoms with Crippen molar-refractivity contribution in [1.29, 1.82) is 0 Å². The highest BCUT2D eigenvalue weighted by Crippen LogP contribution is 2.26. The van der Waals surface area contributed by atoms with Crippen LogP contribution in [0.1, 0.15) is 5.56 Å². The normalized spacial score (nSPS) is 18.7. The summed E-state index contributed by atoms with van der Waals surface area (Å²) in [7, 11) is 1.26. The maximum atomic E-state index is 11.6. The van der Waals surface area contributed by atoms with E-state index in [1.165, 1.54) is 7.11 Å². The van der Waals surface area contributed by atoms with E-state index in [4.69, 9.17) is 0 Å². The number of carbonyl (C=O) groups excluding carboxylic acids is 2. The summed E-state index contributed by atoms with van der Waals surface area (Å²) < 4.78 is 4.48. The third-order valence-corrected chi connectivity index (χ3v) is 3.28. The second kappa shape index (κ2) is 5.71. The Kier molecular flexibility index (Phi) is 4.01. The van der Waals surface area contributed by atoms with Crippen LogP contribution in [0.4, 0.5) is 5.69 Å². The standard InChI is InChI=1S/C13H12N2O3S/c1-8-3-5-9(6-4-8)14-13-15-12(17)10(19-13)7-11(16)18-2/h3-7H,1-2H3,(H,14,15,17). The van der Waals surface area contributed by atoms with Crippen molar-refractivity contribution in [2.75, 3.05) is 7.11 Å². The minimum Gasteiger partial charge on any atom is -0.466 e. The molecule has 0 atom stereocenters. The molecule has 5 nitrogen and oxygen atoms in total. The van der Waals surface area contributed by atoms with Gasteiger partial charge >= 0.3 is 5.97 Å². The quantitative estimate of drug-likeness (QED) is 0.661. The van der Waals surface area contributed by atoms with Crippen molar-refractivity contribution < 1.29 is 14.3 Å². The lowest BCUT2D eigenvalue weighted by Crippen LogP contribution is -2.19. The fourth-order valence-corrected chi connectivity index (χ4v) is 2.19. The Morgan fingerprint density at radius 1 is 1.37 bits per heavy atom. The van der Waals surface area contributed by atoms with E-state index < -0.39 is 5.97 Å². The van der Waals surface area contributed by atoms with Crippen LogP contribution in [0.2, 0.25) is 0 Å². The molecule has 1 N–H and O–H groups in total. The van der Waals surface area contributed by atoms with E-state index in [-0.39, 0.29) is 10.8 Å².